The number of rotatable bonds is 4. The Morgan fingerprint density at radius 1 is 1.33 bits per heavy atom. The Labute approximate surface area is 74.9 Å². The second-order valence-electron chi connectivity index (χ2n) is 2.06. The first-order chi connectivity index (χ1) is 5.88. The monoisotopic (exact) mass is 186 g/mol. The summed E-state index contributed by atoms with van der Waals surface area (Å²) in [5, 5.41) is 0. The minimum absolute atomic E-state index is 0.469. The zero-order valence-electron chi connectivity index (χ0n) is 6.40. The van der Waals surface area contributed by atoms with Crippen molar-refractivity contribution in [1.82, 2.24) is 0 Å². The van der Waals surface area contributed by atoms with Crippen molar-refractivity contribution in [3.05, 3.63) is 29.8 Å². The lowest BCUT2D eigenvalue weighted by Gasteiger charge is -2.03. The van der Waals surface area contributed by atoms with Crippen molar-refractivity contribution in [3.63, 3.8) is 0 Å². The van der Waals surface area contributed by atoms with Gasteiger partial charge < -0.3 is 5.73 Å². The average molecular weight is 186 g/mol. The summed E-state index contributed by atoms with van der Waals surface area (Å²) in [5.74, 6) is 4.69. The third kappa shape index (κ3) is 2.47. The van der Waals surface area contributed by atoms with E-state index in [4.69, 9.17) is 11.6 Å². The van der Waals surface area contributed by atoms with E-state index in [9.17, 15) is 0 Å². The van der Waals surface area contributed by atoms with Crippen molar-refractivity contribution in [2.75, 3.05) is 0 Å². The fourth-order valence-electron chi connectivity index (χ4n) is 0.810. The summed E-state index contributed by atoms with van der Waals surface area (Å²) in [5.41, 5.74) is 6.48. The Bertz CT molecular complexity index is 245. The minimum Gasteiger partial charge on any atom is -0.326 e. The molecule has 0 atom stereocenters. The molecular weight excluding hydrogens is 176 g/mol. The molecule has 0 radical (unpaired) electrons. The molecule has 4 nitrogen and oxygen atoms in total. The first-order valence-corrected chi connectivity index (χ1v) is 4.10. The van der Waals surface area contributed by atoms with Gasteiger partial charge >= 0.3 is 0 Å². The van der Waals surface area contributed by atoms with Crippen LogP contribution in [-0.2, 0) is 15.9 Å². The van der Waals surface area contributed by atoms with Crippen molar-refractivity contribution in [2.24, 2.45) is 11.6 Å². The molecule has 0 aliphatic rings. The largest absolute Gasteiger partial charge is 0.326 e. The van der Waals surface area contributed by atoms with Crippen LogP contribution in [0, 0.1) is 0 Å². The molecule has 0 aromatic heterocycles. The van der Waals surface area contributed by atoms with E-state index < -0.39 is 0 Å². The van der Waals surface area contributed by atoms with Crippen LogP contribution in [0.25, 0.3) is 0 Å². The molecule has 5 heteroatoms. The summed E-state index contributed by atoms with van der Waals surface area (Å²) in [6.07, 6.45) is 0. The summed E-state index contributed by atoms with van der Waals surface area (Å²) < 4.78 is 4.50. The molecule has 0 bridgehead atoms. The third-order valence-corrected chi connectivity index (χ3v) is 2.08. The van der Waals surface area contributed by atoms with Crippen molar-refractivity contribution >= 4 is 12.0 Å². The Kier molecular flexibility index (Phi) is 4.06. The van der Waals surface area contributed by atoms with Gasteiger partial charge in [0.2, 0.25) is 0 Å². The van der Waals surface area contributed by atoms with Crippen LogP contribution in [0.4, 0.5) is 0 Å². The van der Waals surface area contributed by atoms with E-state index in [1.807, 2.05) is 24.3 Å². The predicted molar refractivity (Wildman–Crippen MR) is 46.5 cm³/mol. The highest BCUT2D eigenvalue weighted by molar-refractivity contribution is 7.94. The molecule has 0 fully saturated rings. The summed E-state index contributed by atoms with van der Waals surface area (Å²) in [7, 11) is 0. The predicted octanol–water partition coefficient (Wildman–Crippen LogP) is 0.974. The van der Waals surface area contributed by atoms with Gasteiger partial charge in [0.15, 0.2) is 0 Å². The van der Waals surface area contributed by atoms with E-state index in [1.54, 1.807) is 0 Å². The molecule has 12 heavy (non-hydrogen) atoms. The fraction of sp³-hybridized carbons (Fsp3) is 0.143. The van der Waals surface area contributed by atoms with Crippen LogP contribution in [0.3, 0.4) is 0 Å². The van der Waals surface area contributed by atoms with Crippen LogP contribution >= 0.6 is 12.0 Å². The van der Waals surface area contributed by atoms with Gasteiger partial charge in [-0.15, -0.1) is 9.32 Å². The van der Waals surface area contributed by atoms with Crippen LogP contribution in [0.1, 0.15) is 5.56 Å². The topological polar surface area (TPSA) is 70.5 Å². The zero-order valence-corrected chi connectivity index (χ0v) is 7.21. The van der Waals surface area contributed by atoms with Gasteiger partial charge in [-0.3, -0.25) is 0 Å². The van der Waals surface area contributed by atoms with E-state index >= 15 is 0 Å². The lowest BCUT2D eigenvalue weighted by Crippen LogP contribution is -1.99. The molecule has 0 heterocycles. The Morgan fingerprint density at radius 2 is 2.08 bits per heavy atom. The van der Waals surface area contributed by atoms with E-state index in [0.29, 0.717) is 6.54 Å². The van der Waals surface area contributed by atoms with E-state index in [-0.39, 0.29) is 0 Å². The quantitative estimate of drug-likeness (QED) is 0.416. The molecule has 1 rings (SSSR count). The van der Waals surface area contributed by atoms with Crippen LogP contribution in [-0.4, -0.2) is 0 Å². The normalized spacial score (nSPS) is 10.2. The molecule has 0 amide bonds. The highest BCUT2D eigenvalue weighted by Gasteiger charge is 2.00. The van der Waals surface area contributed by atoms with Gasteiger partial charge in [-0.25, -0.2) is 0 Å². The molecule has 66 valence electrons. The van der Waals surface area contributed by atoms with Gasteiger partial charge in [0.05, 0.1) is 12.0 Å². The van der Waals surface area contributed by atoms with E-state index in [0.717, 1.165) is 22.5 Å². The molecule has 0 saturated carbocycles. The number of hydrogen-bond acceptors (Lipinski definition) is 5. The van der Waals surface area contributed by atoms with Gasteiger partial charge in [-0.2, -0.15) is 5.90 Å². The van der Waals surface area contributed by atoms with Crippen LogP contribution < -0.4 is 11.6 Å². The van der Waals surface area contributed by atoms with E-state index in [2.05, 4.69) is 9.32 Å². The highest BCUT2D eigenvalue weighted by atomic mass is 32.2. The maximum Gasteiger partial charge on any atom is 0.0706 e. The Morgan fingerprint density at radius 3 is 2.75 bits per heavy atom. The summed E-state index contributed by atoms with van der Waals surface area (Å²) >= 11 is 1.04. The highest BCUT2D eigenvalue weighted by Crippen LogP contribution is 2.22. The van der Waals surface area contributed by atoms with Gasteiger partial charge in [0.1, 0.15) is 0 Å². The average Bonchev–Trinajstić information content (AvgIpc) is 2.15. The Balaban J connectivity index is 2.68. The molecule has 0 saturated heterocycles. The van der Waals surface area contributed by atoms with Crippen LogP contribution in [0.2, 0.25) is 0 Å². The lowest BCUT2D eigenvalue weighted by atomic mass is 10.2. The molecule has 0 aliphatic carbocycles. The third-order valence-electron chi connectivity index (χ3n) is 1.36. The molecule has 4 N–H and O–H groups in total. The van der Waals surface area contributed by atoms with Crippen molar-refractivity contribution < 1.29 is 9.32 Å². The van der Waals surface area contributed by atoms with Gasteiger partial charge in [0.25, 0.3) is 0 Å². The molecule has 0 unspecified atom stereocenters. The second-order valence-corrected chi connectivity index (χ2v) is 2.80. The SMILES string of the molecule is NCc1ccccc1SOON. The lowest BCUT2D eigenvalue weighted by molar-refractivity contribution is -0.195. The zero-order chi connectivity index (χ0) is 8.81. The van der Waals surface area contributed by atoms with Crippen molar-refractivity contribution in [1.29, 1.82) is 0 Å². The van der Waals surface area contributed by atoms with Gasteiger partial charge in [-0.05, 0) is 11.6 Å². The van der Waals surface area contributed by atoms with Crippen LogP contribution in [0.5, 0.6) is 0 Å². The minimum atomic E-state index is 0.469. The van der Waals surface area contributed by atoms with Crippen molar-refractivity contribution in [3.8, 4) is 0 Å². The molecule has 0 spiro atoms. The molecule has 1 aromatic carbocycles. The first-order valence-electron chi connectivity index (χ1n) is 3.36. The molecule has 0 aliphatic heterocycles. The maximum absolute atomic E-state index is 5.48. The van der Waals surface area contributed by atoms with Gasteiger partial charge in [-0.1, -0.05) is 18.2 Å². The second kappa shape index (κ2) is 5.13. The number of nitrogens with two attached hydrogens (primary N) is 2. The number of benzene rings is 1. The Hall–Kier alpha value is -0.590. The van der Waals surface area contributed by atoms with Gasteiger partial charge in [0, 0.05) is 11.4 Å². The first kappa shape index (κ1) is 9.50. The van der Waals surface area contributed by atoms with Crippen LogP contribution in [0.15, 0.2) is 29.2 Å². The molecule has 1 aromatic rings. The summed E-state index contributed by atoms with van der Waals surface area (Å²) in [4.78, 5) is 4.88. The van der Waals surface area contributed by atoms with Crippen molar-refractivity contribution in [2.45, 2.75) is 11.4 Å². The maximum atomic E-state index is 5.48. The standard InChI is InChI=1S/C7H10N2O2S/c8-5-6-3-1-2-4-7(6)12-11-10-9/h1-4H,5,8-9H2. The van der Waals surface area contributed by atoms with E-state index in [1.165, 1.54) is 0 Å². The number of hydrogen-bond donors (Lipinski definition) is 2. The fourth-order valence-corrected chi connectivity index (χ4v) is 1.32. The molecular formula is C7H10N2O2S. The smallest absolute Gasteiger partial charge is 0.0706 e. The summed E-state index contributed by atoms with van der Waals surface area (Å²) in [6.45, 7) is 0.469. The summed E-state index contributed by atoms with van der Waals surface area (Å²) in [6, 6.07) is 7.60.